The fourth-order valence-corrected chi connectivity index (χ4v) is 4.05. The molecule has 0 aliphatic carbocycles. The summed E-state index contributed by atoms with van der Waals surface area (Å²) >= 11 is 2.45. The van der Waals surface area contributed by atoms with Crippen molar-refractivity contribution < 1.29 is 0 Å². The molecule has 0 saturated heterocycles. The lowest BCUT2D eigenvalue weighted by atomic mass is 10.0. The number of hydrogen-bond acceptors (Lipinski definition) is 1. The largest absolute Gasteiger partial charge is 0.231 e. The maximum atomic E-state index is 4.69. The van der Waals surface area contributed by atoms with E-state index in [0.29, 0.717) is 0 Å². The molecule has 3 heteroatoms. The molecule has 2 heterocycles. The SMILES string of the molecule is CCc1cnn2c(-c3ccccc3)c(I)c3ccccc3c12. The second-order valence-electron chi connectivity index (χ2n) is 5.36. The van der Waals surface area contributed by atoms with Crippen molar-refractivity contribution in [3.8, 4) is 11.3 Å². The molecule has 0 amide bonds. The Morgan fingerprint density at radius 3 is 2.36 bits per heavy atom. The highest BCUT2D eigenvalue weighted by Gasteiger charge is 2.16. The molecule has 2 nitrogen and oxygen atoms in total. The van der Waals surface area contributed by atoms with Crippen LogP contribution in [0.4, 0.5) is 0 Å². The Balaban J connectivity index is 2.24. The first-order chi connectivity index (χ1) is 10.8. The summed E-state index contributed by atoms with van der Waals surface area (Å²) in [6, 6.07) is 19.1. The number of aryl methyl sites for hydroxylation is 1. The Kier molecular flexibility index (Phi) is 3.37. The lowest BCUT2D eigenvalue weighted by Crippen LogP contribution is -1.99. The predicted octanol–water partition coefficient (Wildman–Crippen LogP) is 5.32. The average molecular weight is 398 g/mol. The van der Waals surface area contributed by atoms with Crippen LogP contribution in [-0.4, -0.2) is 9.61 Å². The van der Waals surface area contributed by atoms with E-state index in [1.54, 1.807) is 0 Å². The van der Waals surface area contributed by atoms with Crippen LogP contribution in [0.15, 0.2) is 60.8 Å². The van der Waals surface area contributed by atoms with Crippen molar-refractivity contribution in [2.24, 2.45) is 0 Å². The zero-order valence-corrected chi connectivity index (χ0v) is 14.4. The van der Waals surface area contributed by atoms with E-state index in [4.69, 9.17) is 0 Å². The van der Waals surface area contributed by atoms with Crippen molar-refractivity contribution in [3.63, 3.8) is 0 Å². The smallest absolute Gasteiger partial charge is 0.0864 e. The van der Waals surface area contributed by atoms with Gasteiger partial charge in [0.15, 0.2) is 0 Å². The third-order valence-electron chi connectivity index (χ3n) is 4.11. The van der Waals surface area contributed by atoms with Gasteiger partial charge in [-0.25, -0.2) is 4.52 Å². The molecular weight excluding hydrogens is 383 g/mol. The minimum absolute atomic E-state index is 0.988. The fraction of sp³-hybridized carbons (Fsp3) is 0.105. The van der Waals surface area contributed by atoms with Gasteiger partial charge in [-0.05, 0) is 40.0 Å². The molecule has 2 aromatic heterocycles. The van der Waals surface area contributed by atoms with Crippen LogP contribution in [0.25, 0.3) is 27.5 Å². The molecule has 0 fully saturated rings. The second-order valence-corrected chi connectivity index (χ2v) is 6.44. The third kappa shape index (κ3) is 1.96. The van der Waals surface area contributed by atoms with Gasteiger partial charge in [0.1, 0.15) is 0 Å². The Hall–Kier alpha value is -1.88. The summed E-state index contributed by atoms with van der Waals surface area (Å²) in [5, 5.41) is 7.26. The summed E-state index contributed by atoms with van der Waals surface area (Å²) < 4.78 is 3.36. The standard InChI is InChI=1S/C19H15IN2/c1-2-13-12-21-22-18(13)16-11-7-6-10-15(16)17(20)19(22)14-8-4-3-5-9-14/h3-12H,2H2,1H3. The van der Waals surface area contributed by atoms with Gasteiger partial charge in [-0.2, -0.15) is 5.10 Å². The van der Waals surface area contributed by atoms with Crippen molar-refractivity contribution >= 4 is 38.9 Å². The van der Waals surface area contributed by atoms with Crippen molar-refractivity contribution in [3.05, 3.63) is 69.9 Å². The van der Waals surface area contributed by atoms with Crippen LogP contribution in [0.5, 0.6) is 0 Å². The first kappa shape index (κ1) is 13.8. The molecule has 0 spiro atoms. The van der Waals surface area contributed by atoms with E-state index in [0.717, 1.165) is 6.42 Å². The van der Waals surface area contributed by atoms with Crippen molar-refractivity contribution in [2.75, 3.05) is 0 Å². The minimum atomic E-state index is 0.988. The number of nitrogens with zero attached hydrogens (tertiary/aromatic N) is 2. The van der Waals surface area contributed by atoms with E-state index in [1.165, 1.54) is 36.7 Å². The Morgan fingerprint density at radius 2 is 1.64 bits per heavy atom. The van der Waals surface area contributed by atoms with Gasteiger partial charge in [-0.15, -0.1) is 0 Å². The lowest BCUT2D eigenvalue weighted by molar-refractivity contribution is 0.971. The van der Waals surface area contributed by atoms with Gasteiger partial charge in [0.2, 0.25) is 0 Å². The van der Waals surface area contributed by atoms with E-state index in [-0.39, 0.29) is 0 Å². The molecule has 2 aromatic carbocycles. The average Bonchev–Trinajstić information content (AvgIpc) is 3.00. The molecule has 0 N–H and O–H groups in total. The summed E-state index contributed by atoms with van der Waals surface area (Å²) in [4.78, 5) is 0. The number of fused-ring (bicyclic) bond motifs is 3. The first-order valence-corrected chi connectivity index (χ1v) is 8.51. The van der Waals surface area contributed by atoms with Gasteiger partial charge >= 0.3 is 0 Å². The van der Waals surface area contributed by atoms with Gasteiger partial charge < -0.3 is 0 Å². The zero-order valence-electron chi connectivity index (χ0n) is 12.3. The molecule has 0 aliphatic heterocycles. The summed E-state index contributed by atoms with van der Waals surface area (Å²) in [6.45, 7) is 2.19. The van der Waals surface area contributed by atoms with Gasteiger partial charge in [-0.3, -0.25) is 0 Å². The lowest BCUT2D eigenvalue weighted by Gasteiger charge is -2.13. The van der Waals surface area contributed by atoms with Gasteiger partial charge in [-0.1, -0.05) is 61.5 Å². The highest BCUT2D eigenvalue weighted by atomic mass is 127. The van der Waals surface area contributed by atoms with E-state index >= 15 is 0 Å². The van der Waals surface area contributed by atoms with Crippen LogP contribution in [0.3, 0.4) is 0 Å². The predicted molar refractivity (Wildman–Crippen MR) is 100 cm³/mol. The van der Waals surface area contributed by atoms with Crippen LogP contribution >= 0.6 is 22.6 Å². The van der Waals surface area contributed by atoms with E-state index in [1.807, 2.05) is 6.20 Å². The Labute approximate surface area is 142 Å². The highest BCUT2D eigenvalue weighted by Crippen LogP contribution is 2.35. The Morgan fingerprint density at radius 1 is 0.955 bits per heavy atom. The molecular formula is C19H15IN2. The summed E-state index contributed by atoms with van der Waals surface area (Å²) in [6.07, 6.45) is 2.99. The minimum Gasteiger partial charge on any atom is -0.231 e. The fourth-order valence-electron chi connectivity index (χ4n) is 3.04. The number of hydrogen-bond donors (Lipinski definition) is 0. The van der Waals surface area contributed by atoms with Gasteiger partial charge in [0.25, 0.3) is 0 Å². The van der Waals surface area contributed by atoms with Gasteiger partial charge in [0.05, 0.1) is 17.4 Å². The number of benzene rings is 2. The number of pyridine rings is 1. The summed E-state index contributed by atoms with van der Waals surface area (Å²) in [5.41, 5.74) is 4.91. The normalized spacial score (nSPS) is 11.4. The van der Waals surface area contributed by atoms with E-state index < -0.39 is 0 Å². The summed E-state index contributed by atoms with van der Waals surface area (Å²) in [5.74, 6) is 0. The molecule has 22 heavy (non-hydrogen) atoms. The first-order valence-electron chi connectivity index (χ1n) is 7.43. The van der Waals surface area contributed by atoms with Crippen LogP contribution in [0.2, 0.25) is 0 Å². The molecule has 0 saturated carbocycles. The van der Waals surface area contributed by atoms with Crippen LogP contribution in [0.1, 0.15) is 12.5 Å². The molecule has 4 rings (SSSR count). The van der Waals surface area contributed by atoms with Gasteiger partial charge in [0, 0.05) is 14.5 Å². The Bertz CT molecular complexity index is 971. The molecule has 0 radical (unpaired) electrons. The maximum Gasteiger partial charge on any atom is 0.0864 e. The zero-order chi connectivity index (χ0) is 15.1. The highest BCUT2D eigenvalue weighted by molar-refractivity contribution is 14.1. The topological polar surface area (TPSA) is 17.3 Å². The van der Waals surface area contributed by atoms with Crippen molar-refractivity contribution in [2.45, 2.75) is 13.3 Å². The quantitative estimate of drug-likeness (QED) is 0.418. The number of aromatic nitrogens is 2. The second kappa shape index (κ2) is 5.39. The van der Waals surface area contributed by atoms with E-state index in [9.17, 15) is 0 Å². The third-order valence-corrected chi connectivity index (χ3v) is 5.20. The molecule has 0 bridgehead atoms. The number of halogens is 1. The molecule has 0 atom stereocenters. The maximum absolute atomic E-state index is 4.69. The summed E-state index contributed by atoms with van der Waals surface area (Å²) in [7, 11) is 0. The monoisotopic (exact) mass is 398 g/mol. The molecule has 0 unspecified atom stereocenters. The molecule has 108 valence electrons. The van der Waals surface area contributed by atoms with E-state index in [2.05, 4.69) is 93.7 Å². The van der Waals surface area contributed by atoms with Crippen molar-refractivity contribution in [1.82, 2.24) is 9.61 Å². The van der Waals surface area contributed by atoms with Crippen LogP contribution in [-0.2, 0) is 6.42 Å². The molecule has 0 aliphatic rings. The van der Waals surface area contributed by atoms with Crippen LogP contribution < -0.4 is 0 Å². The number of rotatable bonds is 2. The van der Waals surface area contributed by atoms with Crippen LogP contribution in [0, 0.1) is 3.57 Å². The molecule has 4 aromatic rings. The van der Waals surface area contributed by atoms with Crippen molar-refractivity contribution in [1.29, 1.82) is 0 Å².